The van der Waals surface area contributed by atoms with Gasteiger partial charge >= 0.3 is 0 Å². The largest absolute Gasteiger partial charge is 0.337 e. The van der Waals surface area contributed by atoms with Crippen molar-refractivity contribution in [2.24, 2.45) is 5.73 Å². The van der Waals surface area contributed by atoms with Crippen molar-refractivity contribution < 1.29 is 4.79 Å². The van der Waals surface area contributed by atoms with E-state index in [0.717, 1.165) is 18.5 Å². The molecule has 4 nitrogen and oxygen atoms in total. The van der Waals surface area contributed by atoms with Crippen LogP contribution in [0.1, 0.15) is 17.5 Å². The highest BCUT2D eigenvalue weighted by Crippen LogP contribution is 2.14. The summed E-state index contributed by atoms with van der Waals surface area (Å²) in [7, 11) is 0. The van der Waals surface area contributed by atoms with Gasteiger partial charge in [0.05, 0.1) is 17.7 Å². The fraction of sp³-hybridized carbons (Fsp3) is 0.333. The van der Waals surface area contributed by atoms with Crippen LogP contribution in [0.4, 0.5) is 0 Å². The van der Waals surface area contributed by atoms with Crippen molar-refractivity contribution in [1.29, 1.82) is 5.26 Å². The molecule has 0 spiro atoms. The molecule has 1 aromatic carbocycles. The summed E-state index contributed by atoms with van der Waals surface area (Å²) in [6, 6.07) is 8.99. The fourth-order valence-electron chi connectivity index (χ4n) is 1.83. The molecule has 2 rings (SSSR count). The van der Waals surface area contributed by atoms with E-state index in [9.17, 15) is 4.79 Å². The fourth-order valence-corrected chi connectivity index (χ4v) is 1.83. The number of hydrogen-bond donors (Lipinski definition) is 1. The molecule has 0 unspecified atom stereocenters. The van der Waals surface area contributed by atoms with E-state index < -0.39 is 0 Å². The molecule has 4 heteroatoms. The number of rotatable bonds is 2. The molecule has 0 radical (unpaired) electrons. The van der Waals surface area contributed by atoms with Crippen LogP contribution in [0.25, 0.3) is 0 Å². The highest BCUT2D eigenvalue weighted by atomic mass is 16.2. The second-order valence-electron chi connectivity index (χ2n) is 3.96. The molecule has 1 heterocycles. The standard InChI is InChI=1S/C12H13N3O/c13-7-9-1-3-10(4-2-9)8-15-6-5-11(14)12(15)16/h1-4,11H,5-6,8,14H2/t11-/m0/s1. The lowest BCUT2D eigenvalue weighted by molar-refractivity contribution is -0.129. The van der Waals surface area contributed by atoms with Gasteiger partial charge in [0.2, 0.25) is 5.91 Å². The van der Waals surface area contributed by atoms with Crippen molar-refractivity contribution in [2.75, 3.05) is 6.54 Å². The van der Waals surface area contributed by atoms with Crippen LogP contribution in [-0.2, 0) is 11.3 Å². The van der Waals surface area contributed by atoms with E-state index in [2.05, 4.69) is 6.07 Å². The van der Waals surface area contributed by atoms with Crippen molar-refractivity contribution >= 4 is 5.91 Å². The molecule has 1 fully saturated rings. The molecule has 0 aliphatic carbocycles. The number of nitrogens with two attached hydrogens (primary N) is 1. The molecule has 82 valence electrons. The summed E-state index contributed by atoms with van der Waals surface area (Å²) >= 11 is 0. The van der Waals surface area contributed by atoms with Crippen LogP contribution in [0, 0.1) is 11.3 Å². The van der Waals surface area contributed by atoms with Gasteiger partial charge in [-0.3, -0.25) is 4.79 Å². The Labute approximate surface area is 94.3 Å². The highest BCUT2D eigenvalue weighted by molar-refractivity contribution is 5.83. The van der Waals surface area contributed by atoms with Gasteiger partial charge in [0.25, 0.3) is 0 Å². The third kappa shape index (κ3) is 2.05. The second kappa shape index (κ2) is 4.33. The Balaban J connectivity index is 2.05. The summed E-state index contributed by atoms with van der Waals surface area (Å²) in [5, 5.41) is 8.66. The first-order valence-corrected chi connectivity index (χ1v) is 5.24. The number of hydrogen-bond acceptors (Lipinski definition) is 3. The minimum atomic E-state index is -0.335. The van der Waals surface area contributed by atoms with Gasteiger partial charge in [0, 0.05) is 13.1 Å². The van der Waals surface area contributed by atoms with E-state index in [1.54, 1.807) is 17.0 Å². The van der Waals surface area contributed by atoms with E-state index in [4.69, 9.17) is 11.0 Å². The lowest BCUT2D eigenvalue weighted by Crippen LogP contribution is -2.33. The first-order valence-electron chi connectivity index (χ1n) is 5.24. The second-order valence-corrected chi connectivity index (χ2v) is 3.96. The Kier molecular flexibility index (Phi) is 2.88. The van der Waals surface area contributed by atoms with E-state index in [-0.39, 0.29) is 11.9 Å². The summed E-state index contributed by atoms with van der Waals surface area (Å²) in [6.45, 7) is 1.30. The van der Waals surface area contributed by atoms with E-state index in [1.165, 1.54) is 0 Å². The molecule has 1 saturated heterocycles. The van der Waals surface area contributed by atoms with Crippen molar-refractivity contribution in [3.63, 3.8) is 0 Å². The van der Waals surface area contributed by atoms with Gasteiger partial charge in [0.15, 0.2) is 0 Å². The molecule has 2 N–H and O–H groups in total. The number of amides is 1. The quantitative estimate of drug-likeness (QED) is 0.786. The topological polar surface area (TPSA) is 70.1 Å². The van der Waals surface area contributed by atoms with Crippen LogP contribution < -0.4 is 5.73 Å². The summed E-state index contributed by atoms with van der Waals surface area (Å²) in [6.07, 6.45) is 0.731. The summed E-state index contributed by atoms with van der Waals surface area (Å²) in [4.78, 5) is 13.3. The summed E-state index contributed by atoms with van der Waals surface area (Å²) < 4.78 is 0. The molecule has 1 aliphatic heterocycles. The van der Waals surface area contributed by atoms with Crippen LogP contribution in [0.2, 0.25) is 0 Å². The zero-order valence-corrected chi connectivity index (χ0v) is 8.89. The third-order valence-corrected chi connectivity index (χ3v) is 2.80. The average molecular weight is 215 g/mol. The maximum absolute atomic E-state index is 11.6. The summed E-state index contributed by atoms with van der Waals surface area (Å²) in [5.74, 6) is 0.0179. The van der Waals surface area contributed by atoms with Crippen molar-refractivity contribution in [2.45, 2.75) is 19.0 Å². The van der Waals surface area contributed by atoms with Gasteiger partial charge in [0.1, 0.15) is 0 Å². The molecular weight excluding hydrogens is 202 g/mol. The van der Waals surface area contributed by atoms with Crippen LogP contribution in [-0.4, -0.2) is 23.4 Å². The molecule has 1 amide bonds. The molecule has 1 atom stereocenters. The van der Waals surface area contributed by atoms with E-state index >= 15 is 0 Å². The van der Waals surface area contributed by atoms with Gasteiger partial charge < -0.3 is 10.6 Å². The van der Waals surface area contributed by atoms with Crippen molar-refractivity contribution in [3.05, 3.63) is 35.4 Å². The minimum absolute atomic E-state index is 0.0179. The van der Waals surface area contributed by atoms with Gasteiger partial charge in [-0.25, -0.2) is 0 Å². The Bertz CT molecular complexity index is 433. The lowest BCUT2D eigenvalue weighted by atomic mass is 10.1. The smallest absolute Gasteiger partial charge is 0.239 e. The van der Waals surface area contributed by atoms with Gasteiger partial charge in [-0.15, -0.1) is 0 Å². The molecule has 0 saturated carbocycles. The predicted molar refractivity (Wildman–Crippen MR) is 59.2 cm³/mol. The number of nitrogens with zero attached hydrogens (tertiary/aromatic N) is 2. The number of carbonyl (C=O) groups excluding carboxylic acids is 1. The Hall–Kier alpha value is -1.86. The maximum Gasteiger partial charge on any atom is 0.239 e. The predicted octanol–water partition coefficient (Wildman–Crippen LogP) is 0.618. The average Bonchev–Trinajstić information content (AvgIpc) is 2.62. The third-order valence-electron chi connectivity index (χ3n) is 2.80. The summed E-state index contributed by atoms with van der Waals surface area (Å²) in [5.41, 5.74) is 7.30. The minimum Gasteiger partial charge on any atom is -0.337 e. The van der Waals surface area contributed by atoms with Crippen molar-refractivity contribution in [1.82, 2.24) is 4.90 Å². The van der Waals surface area contributed by atoms with E-state index in [0.29, 0.717) is 12.1 Å². The Morgan fingerprint density at radius 1 is 1.44 bits per heavy atom. The number of carbonyl (C=O) groups is 1. The van der Waals surface area contributed by atoms with Gasteiger partial charge in [-0.05, 0) is 24.1 Å². The zero-order chi connectivity index (χ0) is 11.5. The van der Waals surface area contributed by atoms with Crippen LogP contribution in [0.5, 0.6) is 0 Å². The van der Waals surface area contributed by atoms with Crippen molar-refractivity contribution in [3.8, 4) is 6.07 Å². The first kappa shape index (κ1) is 10.7. The SMILES string of the molecule is N#Cc1ccc(CN2CC[C@H](N)C2=O)cc1. The van der Waals surface area contributed by atoms with Gasteiger partial charge in [-0.2, -0.15) is 5.26 Å². The lowest BCUT2D eigenvalue weighted by Gasteiger charge is -2.15. The number of likely N-dealkylation sites (tertiary alicyclic amines) is 1. The first-order chi connectivity index (χ1) is 7.70. The molecular formula is C12H13N3O. The molecule has 0 aromatic heterocycles. The molecule has 0 bridgehead atoms. The van der Waals surface area contributed by atoms with Crippen LogP contribution >= 0.6 is 0 Å². The van der Waals surface area contributed by atoms with Gasteiger partial charge in [-0.1, -0.05) is 12.1 Å². The monoisotopic (exact) mass is 215 g/mol. The Morgan fingerprint density at radius 2 is 2.12 bits per heavy atom. The normalized spacial score (nSPS) is 19.9. The highest BCUT2D eigenvalue weighted by Gasteiger charge is 2.27. The Morgan fingerprint density at radius 3 is 2.62 bits per heavy atom. The number of benzene rings is 1. The molecule has 1 aliphatic rings. The zero-order valence-electron chi connectivity index (χ0n) is 8.89. The molecule has 16 heavy (non-hydrogen) atoms. The number of nitriles is 1. The maximum atomic E-state index is 11.6. The molecule has 1 aromatic rings. The van der Waals surface area contributed by atoms with E-state index in [1.807, 2.05) is 12.1 Å². The van der Waals surface area contributed by atoms with Crippen LogP contribution in [0.3, 0.4) is 0 Å². The van der Waals surface area contributed by atoms with Crippen LogP contribution in [0.15, 0.2) is 24.3 Å².